The number of nitriles is 1. The second kappa shape index (κ2) is 5.85. The fraction of sp³-hybridized carbons (Fsp3) is 0.0667. The normalized spacial score (nSPS) is 9.80. The molecule has 0 fully saturated rings. The van der Waals surface area contributed by atoms with Gasteiger partial charge in [0.1, 0.15) is 5.82 Å². The first-order valence-corrected chi connectivity index (χ1v) is 5.92. The molecule has 0 radical (unpaired) electrons. The number of hydrogen-bond acceptors (Lipinski definition) is 3. The number of amides is 1. The zero-order valence-electron chi connectivity index (χ0n) is 10.6. The van der Waals surface area contributed by atoms with Crippen LogP contribution in [0.1, 0.15) is 11.1 Å². The van der Waals surface area contributed by atoms with E-state index in [0.717, 1.165) is 0 Å². The molecule has 0 bridgehead atoms. The predicted molar refractivity (Wildman–Crippen MR) is 74.3 cm³/mol. The molecule has 0 saturated carbocycles. The Balaban J connectivity index is 2.07. The molecule has 0 aliphatic rings. The minimum atomic E-state index is -0.381. The number of anilines is 2. The molecular weight excluding hydrogens is 257 g/mol. The SMILES string of the molecule is N#Cc1ccc(NC(=O)Cc2cccc(F)c2)c(N)c1. The third-order valence-electron chi connectivity index (χ3n) is 2.71. The Morgan fingerprint density at radius 1 is 1.30 bits per heavy atom. The van der Waals surface area contributed by atoms with Gasteiger partial charge < -0.3 is 11.1 Å². The number of halogens is 1. The van der Waals surface area contributed by atoms with E-state index in [1.54, 1.807) is 24.3 Å². The van der Waals surface area contributed by atoms with Crippen LogP contribution in [0.3, 0.4) is 0 Å². The van der Waals surface area contributed by atoms with Crippen molar-refractivity contribution < 1.29 is 9.18 Å². The van der Waals surface area contributed by atoms with Crippen molar-refractivity contribution in [3.05, 3.63) is 59.4 Å². The molecule has 0 saturated heterocycles. The summed E-state index contributed by atoms with van der Waals surface area (Å²) in [7, 11) is 0. The number of nitrogens with zero attached hydrogens (tertiary/aromatic N) is 1. The summed E-state index contributed by atoms with van der Waals surface area (Å²) >= 11 is 0. The monoisotopic (exact) mass is 269 g/mol. The van der Waals surface area contributed by atoms with Gasteiger partial charge in [0, 0.05) is 0 Å². The smallest absolute Gasteiger partial charge is 0.228 e. The maximum Gasteiger partial charge on any atom is 0.228 e. The van der Waals surface area contributed by atoms with Crippen LogP contribution >= 0.6 is 0 Å². The van der Waals surface area contributed by atoms with Crippen LogP contribution in [0.4, 0.5) is 15.8 Å². The Bertz CT molecular complexity index is 692. The summed E-state index contributed by atoms with van der Waals surface area (Å²) in [6, 6.07) is 12.4. The van der Waals surface area contributed by atoms with Gasteiger partial charge in [0.15, 0.2) is 0 Å². The van der Waals surface area contributed by atoms with Crippen LogP contribution in [-0.2, 0) is 11.2 Å². The highest BCUT2D eigenvalue weighted by Crippen LogP contribution is 2.19. The average molecular weight is 269 g/mol. The maximum absolute atomic E-state index is 13.0. The fourth-order valence-corrected chi connectivity index (χ4v) is 1.77. The Hall–Kier alpha value is -2.87. The molecule has 0 aliphatic carbocycles. The second-order valence-corrected chi connectivity index (χ2v) is 4.27. The van der Waals surface area contributed by atoms with E-state index in [1.165, 1.54) is 18.2 Å². The molecule has 0 atom stereocenters. The second-order valence-electron chi connectivity index (χ2n) is 4.27. The minimum Gasteiger partial charge on any atom is -0.397 e. The molecule has 2 aromatic rings. The summed E-state index contributed by atoms with van der Waals surface area (Å²) in [6.07, 6.45) is 0.0528. The number of nitrogens with one attached hydrogen (secondary N) is 1. The van der Waals surface area contributed by atoms with Crippen LogP contribution in [0.25, 0.3) is 0 Å². The first-order chi connectivity index (χ1) is 9.58. The van der Waals surface area contributed by atoms with Gasteiger partial charge in [-0.3, -0.25) is 4.79 Å². The zero-order chi connectivity index (χ0) is 14.5. The highest BCUT2D eigenvalue weighted by atomic mass is 19.1. The van der Waals surface area contributed by atoms with Crippen molar-refractivity contribution in [1.82, 2.24) is 0 Å². The van der Waals surface area contributed by atoms with Gasteiger partial charge in [-0.1, -0.05) is 12.1 Å². The van der Waals surface area contributed by atoms with Crippen molar-refractivity contribution >= 4 is 17.3 Å². The van der Waals surface area contributed by atoms with Gasteiger partial charge in [0.05, 0.1) is 29.4 Å². The van der Waals surface area contributed by atoms with Gasteiger partial charge in [-0.15, -0.1) is 0 Å². The third-order valence-corrected chi connectivity index (χ3v) is 2.71. The van der Waals surface area contributed by atoms with Gasteiger partial charge >= 0.3 is 0 Å². The largest absolute Gasteiger partial charge is 0.397 e. The minimum absolute atomic E-state index is 0.0528. The lowest BCUT2D eigenvalue weighted by Crippen LogP contribution is -2.15. The summed E-state index contributed by atoms with van der Waals surface area (Å²) in [4.78, 5) is 11.8. The van der Waals surface area contributed by atoms with Crippen LogP contribution in [0, 0.1) is 17.1 Å². The fourth-order valence-electron chi connectivity index (χ4n) is 1.77. The van der Waals surface area contributed by atoms with Gasteiger partial charge in [0.25, 0.3) is 0 Å². The molecule has 0 aliphatic heterocycles. The van der Waals surface area contributed by atoms with Crippen LogP contribution in [0.15, 0.2) is 42.5 Å². The topological polar surface area (TPSA) is 78.9 Å². The number of carbonyl (C=O) groups is 1. The molecule has 20 heavy (non-hydrogen) atoms. The van der Waals surface area contributed by atoms with E-state index >= 15 is 0 Å². The Kier molecular flexibility index (Phi) is 3.96. The van der Waals surface area contributed by atoms with E-state index < -0.39 is 0 Å². The molecule has 3 N–H and O–H groups in total. The van der Waals surface area contributed by atoms with E-state index in [9.17, 15) is 9.18 Å². The van der Waals surface area contributed by atoms with Crippen molar-refractivity contribution in [2.45, 2.75) is 6.42 Å². The number of hydrogen-bond donors (Lipinski definition) is 2. The maximum atomic E-state index is 13.0. The van der Waals surface area contributed by atoms with Crippen molar-refractivity contribution in [3.8, 4) is 6.07 Å². The Morgan fingerprint density at radius 3 is 2.75 bits per heavy atom. The number of rotatable bonds is 3. The molecule has 0 unspecified atom stereocenters. The van der Waals surface area contributed by atoms with E-state index in [-0.39, 0.29) is 18.1 Å². The van der Waals surface area contributed by atoms with E-state index in [1.807, 2.05) is 6.07 Å². The molecule has 0 heterocycles. The van der Waals surface area contributed by atoms with Crippen molar-refractivity contribution in [2.24, 2.45) is 0 Å². The molecular formula is C15H12FN3O. The van der Waals surface area contributed by atoms with Crippen molar-refractivity contribution in [1.29, 1.82) is 5.26 Å². The molecule has 2 rings (SSSR count). The van der Waals surface area contributed by atoms with Crippen LogP contribution in [0.5, 0.6) is 0 Å². The molecule has 1 amide bonds. The highest BCUT2D eigenvalue weighted by molar-refractivity contribution is 5.95. The quantitative estimate of drug-likeness (QED) is 0.840. The van der Waals surface area contributed by atoms with Gasteiger partial charge in [-0.2, -0.15) is 5.26 Å². The first-order valence-electron chi connectivity index (χ1n) is 5.92. The summed E-state index contributed by atoms with van der Waals surface area (Å²) in [6.45, 7) is 0. The number of benzene rings is 2. The summed E-state index contributed by atoms with van der Waals surface area (Å²) in [5, 5.41) is 11.4. The average Bonchev–Trinajstić information content (AvgIpc) is 2.41. The third kappa shape index (κ3) is 3.33. The van der Waals surface area contributed by atoms with E-state index in [0.29, 0.717) is 22.5 Å². The van der Waals surface area contributed by atoms with E-state index in [2.05, 4.69) is 5.32 Å². The molecule has 4 nitrogen and oxygen atoms in total. The summed E-state index contributed by atoms with van der Waals surface area (Å²) in [5.41, 5.74) is 7.49. The lowest BCUT2D eigenvalue weighted by Gasteiger charge is -2.08. The number of carbonyl (C=O) groups excluding carboxylic acids is 1. The van der Waals surface area contributed by atoms with Gasteiger partial charge in [0.2, 0.25) is 5.91 Å². The predicted octanol–water partition coefficient (Wildman–Crippen LogP) is 2.46. The standard InChI is InChI=1S/C15H12FN3O/c16-12-3-1-2-10(6-12)8-15(20)19-14-5-4-11(9-17)7-13(14)18/h1-7H,8,18H2,(H,19,20). The molecule has 2 aromatic carbocycles. The van der Waals surface area contributed by atoms with Crippen molar-refractivity contribution in [2.75, 3.05) is 11.1 Å². The van der Waals surface area contributed by atoms with Gasteiger partial charge in [-0.05, 0) is 35.9 Å². The van der Waals surface area contributed by atoms with Gasteiger partial charge in [-0.25, -0.2) is 4.39 Å². The Morgan fingerprint density at radius 2 is 2.10 bits per heavy atom. The van der Waals surface area contributed by atoms with E-state index in [4.69, 9.17) is 11.0 Å². The zero-order valence-corrected chi connectivity index (χ0v) is 10.6. The summed E-state index contributed by atoms with van der Waals surface area (Å²) < 4.78 is 13.0. The molecule has 0 spiro atoms. The van der Waals surface area contributed by atoms with Crippen LogP contribution in [0.2, 0.25) is 0 Å². The molecule has 100 valence electrons. The lowest BCUT2D eigenvalue weighted by atomic mass is 10.1. The van der Waals surface area contributed by atoms with Crippen molar-refractivity contribution in [3.63, 3.8) is 0 Å². The number of nitrogens with two attached hydrogens (primary N) is 1. The summed E-state index contributed by atoms with van der Waals surface area (Å²) in [5.74, 6) is -0.680. The molecule has 5 heteroatoms. The lowest BCUT2D eigenvalue weighted by molar-refractivity contribution is -0.115. The highest BCUT2D eigenvalue weighted by Gasteiger charge is 2.07. The molecule has 0 aromatic heterocycles. The first kappa shape index (κ1) is 13.6. The number of nitrogen functional groups attached to an aromatic ring is 1. The van der Waals surface area contributed by atoms with Crippen LogP contribution in [-0.4, -0.2) is 5.91 Å². The Labute approximate surface area is 115 Å². The van der Waals surface area contributed by atoms with Crippen LogP contribution < -0.4 is 11.1 Å².